The Morgan fingerprint density at radius 2 is 2.04 bits per heavy atom. The van der Waals surface area contributed by atoms with Crippen molar-refractivity contribution in [1.82, 2.24) is 10.6 Å². The van der Waals surface area contributed by atoms with Crippen molar-refractivity contribution >= 4 is 11.8 Å². The molecule has 2 amide bonds. The van der Waals surface area contributed by atoms with Crippen LogP contribution in [0.1, 0.15) is 55.5 Å². The molecule has 1 saturated heterocycles. The SMILES string of the molecule is CCC(CC)(CN)C(=O)NCc1cccc(C(=O)NCC2CCCO2)c1. The van der Waals surface area contributed by atoms with Gasteiger partial charge in [0.05, 0.1) is 11.5 Å². The summed E-state index contributed by atoms with van der Waals surface area (Å²) in [6.07, 6.45) is 3.57. The van der Waals surface area contributed by atoms with E-state index in [1.54, 1.807) is 6.07 Å². The van der Waals surface area contributed by atoms with Crippen LogP contribution in [0.3, 0.4) is 0 Å². The van der Waals surface area contributed by atoms with Crippen molar-refractivity contribution in [3.63, 3.8) is 0 Å². The van der Waals surface area contributed by atoms with Crippen molar-refractivity contribution in [3.8, 4) is 0 Å². The molecule has 0 aliphatic carbocycles. The molecule has 6 heteroatoms. The van der Waals surface area contributed by atoms with Crippen LogP contribution in [-0.4, -0.2) is 37.6 Å². The van der Waals surface area contributed by atoms with Crippen molar-refractivity contribution in [1.29, 1.82) is 0 Å². The number of ether oxygens (including phenoxy) is 1. The molecule has 0 spiro atoms. The molecule has 1 aliphatic heterocycles. The molecule has 1 fully saturated rings. The van der Waals surface area contributed by atoms with Gasteiger partial charge in [-0.15, -0.1) is 0 Å². The quantitative estimate of drug-likeness (QED) is 0.627. The zero-order chi connectivity index (χ0) is 19.0. The zero-order valence-corrected chi connectivity index (χ0v) is 15.8. The molecule has 4 N–H and O–H groups in total. The van der Waals surface area contributed by atoms with Gasteiger partial charge in [0.25, 0.3) is 5.91 Å². The molecular weight excluding hydrogens is 330 g/mol. The summed E-state index contributed by atoms with van der Waals surface area (Å²) in [7, 11) is 0. The van der Waals surface area contributed by atoms with Gasteiger partial charge in [-0.25, -0.2) is 0 Å². The van der Waals surface area contributed by atoms with Crippen LogP contribution < -0.4 is 16.4 Å². The van der Waals surface area contributed by atoms with Gasteiger partial charge in [0, 0.05) is 31.8 Å². The molecule has 1 aromatic carbocycles. The van der Waals surface area contributed by atoms with E-state index in [-0.39, 0.29) is 17.9 Å². The smallest absolute Gasteiger partial charge is 0.251 e. The van der Waals surface area contributed by atoms with E-state index >= 15 is 0 Å². The van der Waals surface area contributed by atoms with Crippen LogP contribution in [0.2, 0.25) is 0 Å². The molecule has 1 aliphatic rings. The van der Waals surface area contributed by atoms with Gasteiger partial charge in [-0.3, -0.25) is 9.59 Å². The summed E-state index contributed by atoms with van der Waals surface area (Å²) in [5, 5.41) is 5.88. The maximum absolute atomic E-state index is 12.5. The predicted octanol–water partition coefficient (Wildman–Crippen LogP) is 1.98. The van der Waals surface area contributed by atoms with Crippen LogP contribution >= 0.6 is 0 Å². The van der Waals surface area contributed by atoms with Crippen molar-refractivity contribution in [3.05, 3.63) is 35.4 Å². The Morgan fingerprint density at radius 3 is 2.65 bits per heavy atom. The average molecular weight is 361 g/mol. The molecule has 0 aromatic heterocycles. The number of hydrogen-bond donors (Lipinski definition) is 3. The fraction of sp³-hybridized carbons (Fsp3) is 0.600. The van der Waals surface area contributed by atoms with E-state index in [1.165, 1.54) is 0 Å². The average Bonchev–Trinajstić information content (AvgIpc) is 3.20. The Balaban J connectivity index is 1.91. The van der Waals surface area contributed by atoms with Crippen molar-refractivity contribution < 1.29 is 14.3 Å². The third kappa shape index (κ3) is 5.05. The van der Waals surface area contributed by atoms with E-state index in [2.05, 4.69) is 10.6 Å². The summed E-state index contributed by atoms with van der Waals surface area (Å²) in [5.74, 6) is -0.148. The Hall–Kier alpha value is -1.92. The first kappa shape index (κ1) is 20.4. The van der Waals surface area contributed by atoms with Crippen LogP contribution in [0.15, 0.2) is 24.3 Å². The highest BCUT2D eigenvalue weighted by Crippen LogP contribution is 2.25. The van der Waals surface area contributed by atoms with Gasteiger partial charge in [-0.2, -0.15) is 0 Å². The number of benzene rings is 1. The lowest BCUT2D eigenvalue weighted by Crippen LogP contribution is -2.45. The second-order valence-corrected chi connectivity index (χ2v) is 6.92. The van der Waals surface area contributed by atoms with E-state index in [0.717, 1.165) is 25.0 Å². The Bertz CT molecular complexity index is 600. The summed E-state index contributed by atoms with van der Waals surface area (Å²) in [4.78, 5) is 24.8. The topological polar surface area (TPSA) is 93.5 Å². The number of nitrogens with two attached hydrogens (primary N) is 1. The first-order valence-electron chi connectivity index (χ1n) is 9.51. The third-order valence-corrected chi connectivity index (χ3v) is 5.38. The van der Waals surface area contributed by atoms with E-state index in [0.29, 0.717) is 38.0 Å². The molecule has 26 heavy (non-hydrogen) atoms. The van der Waals surface area contributed by atoms with Gasteiger partial charge in [-0.1, -0.05) is 26.0 Å². The van der Waals surface area contributed by atoms with Crippen LogP contribution in [0, 0.1) is 5.41 Å². The molecule has 1 unspecified atom stereocenters. The lowest BCUT2D eigenvalue weighted by molar-refractivity contribution is -0.131. The van der Waals surface area contributed by atoms with Gasteiger partial charge in [-0.05, 0) is 43.4 Å². The van der Waals surface area contributed by atoms with E-state index in [9.17, 15) is 9.59 Å². The Kier molecular flexibility index (Phi) is 7.60. The van der Waals surface area contributed by atoms with E-state index in [4.69, 9.17) is 10.5 Å². The minimum atomic E-state index is -0.518. The van der Waals surface area contributed by atoms with Crippen LogP contribution in [0.4, 0.5) is 0 Å². The molecule has 1 atom stereocenters. The lowest BCUT2D eigenvalue weighted by atomic mass is 9.81. The number of carbonyl (C=O) groups is 2. The Morgan fingerprint density at radius 1 is 1.27 bits per heavy atom. The second kappa shape index (κ2) is 9.69. The fourth-order valence-electron chi connectivity index (χ4n) is 3.26. The highest BCUT2D eigenvalue weighted by Gasteiger charge is 2.32. The maximum atomic E-state index is 12.5. The fourth-order valence-corrected chi connectivity index (χ4v) is 3.26. The Labute approximate surface area is 155 Å². The number of nitrogens with one attached hydrogen (secondary N) is 2. The summed E-state index contributed by atoms with van der Waals surface area (Å²) in [6, 6.07) is 7.32. The molecule has 144 valence electrons. The molecule has 0 saturated carbocycles. The van der Waals surface area contributed by atoms with Crippen molar-refractivity contribution in [2.24, 2.45) is 11.1 Å². The number of rotatable bonds is 9. The lowest BCUT2D eigenvalue weighted by Gasteiger charge is -2.28. The maximum Gasteiger partial charge on any atom is 0.251 e. The minimum absolute atomic E-state index is 0.0294. The van der Waals surface area contributed by atoms with E-state index in [1.807, 2.05) is 32.0 Å². The van der Waals surface area contributed by atoms with Crippen molar-refractivity contribution in [2.45, 2.75) is 52.2 Å². The first-order valence-corrected chi connectivity index (χ1v) is 9.51. The van der Waals surface area contributed by atoms with Gasteiger partial charge in [0.1, 0.15) is 0 Å². The molecule has 1 aromatic rings. The number of amides is 2. The third-order valence-electron chi connectivity index (χ3n) is 5.38. The predicted molar refractivity (Wildman–Crippen MR) is 102 cm³/mol. The minimum Gasteiger partial charge on any atom is -0.376 e. The monoisotopic (exact) mass is 361 g/mol. The molecular formula is C20H31N3O3. The summed E-state index contributed by atoms with van der Waals surface area (Å²) in [5.41, 5.74) is 6.78. The highest BCUT2D eigenvalue weighted by molar-refractivity contribution is 5.94. The van der Waals surface area contributed by atoms with Crippen molar-refractivity contribution in [2.75, 3.05) is 19.7 Å². The molecule has 0 radical (unpaired) electrons. The van der Waals surface area contributed by atoms with Gasteiger partial charge in [0.15, 0.2) is 0 Å². The van der Waals surface area contributed by atoms with Crippen LogP contribution in [-0.2, 0) is 16.1 Å². The van der Waals surface area contributed by atoms with Crippen LogP contribution in [0.25, 0.3) is 0 Å². The summed E-state index contributed by atoms with van der Waals surface area (Å²) in [6.45, 7) is 5.98. The van der Waals surface area contributed by atoms with Gasteiger partial charge >= 0.3 is 0 Å². The highest BCUT2D eigenvalue weighted by atomic mass is 16.5. The van der Waals surface area contributed by atoms with E-state index < -0.39 is 5.41 Å². The van der Waals surface area contributed by atoms with Crippen LogP contribution in [0.5, 0.6) is 0 Å². The first-order chi connectivity index (χ1) is 12.5. The largest absolute Gasteiger partial charge is 0.376 e. The zero-order valence-electron chi connectivity index (χ0n) is 15.8. The molecule has 6 nitrogen and oxygen atoms in total. The standard InChI is InChI=1S/C20H31N3O3/c1-3-20(4-2,14-21)19(25)23-12-15-7-5-8-16(11-15)18(24)22-13-17-9-6-10-26-17/h5,7-8,11,17H,3-4,6,9-10,12-14,21H2,1-2H3,(H,22,24)(H,23,25). The normalized spacial score (nSPS) is 17.1. The molecule has 0 bridgehead atoms. The van der Waals surface area contributed by atoms with Gasteiger partial charge in [0.2, 0.25) is 5.91 Å². The number of hydrogen-bond acceptors (Lipinski definition) is 4. The molecule has 2 rings (SSSR count). The number of carbonyl (C=O) groups excluding carboxylic acids is 2. The summed E-state index contributed by atoms with van der Waals surface area (Å²) >= 11 is 0. The van der Waals surface area contributed by atoms with Gasteiger partial charge < -0.3 is 21.1 Å². The molecule has 1 heterocycles. The summed E-state index contributed by atoms with van der Waals surface area (Å²) < 4.78 is 5.52. The second-order valence-electron chi connectivity index (χ2n) is 6.92.